The van der Waals surface area contributed by atoms with E-state index in [9.17, 15) is 9.90 Å². The number of benzene rings is 1. The summed E-state index contributed by atoms with van der Waals surface area (Å²) in [4.78, 5) is 14.2. The van der Waals surface area contributed by atoms with Crippen LogP contribution in [0.2, 0.25) is 0 Å². The molecule has 120 valence electrons. The molecule has 1 heterocycles. The summed E-state index contributed by atoms with van der Waals surface area (Å²) in [6.07, 6.45) is 0.847. The molecule has 1 aromatic carbocycles. The monoisotopic (exact) mass is 342 g/mol. The van der Waals surface area contributed by atoms with Gasteiger partial charge in [0, 0.05) is 25.7 Å². The maximum Gasteiger partial charge on any atom is 0.226 e. The molecule has 2 aliphatic rings. The van der Waals surface area contributed by atoms with Crippen molar-refractivity contribution in [2.45, 2.75) is 35.9 Å². The number of amides is 1. The van der Waals surface area contributed by atoms with E-state index >= 15 is 0 Å². The van der Waals surface area contributed by atoms with Crippen molar-refractivity contribution >= 4 is 29.1 Å². The number of likely N-dealkylation sites (tertiary alicyclic amines) is 1. The van der Waals surface area contributed by atoms with Gasteiger partial charge in [-0.05, 0) is 18.4 Å². The van der Waals surface area contributed by atoms with Crippen LogP contribution >= 0.6 is 23.2 Å². The van der Waals surface area contributed by atoms with E-state index in [1.807, 2.05) is 18.2 Å². The number of hydrogen-bond acceptors (Lipinski definition) is 3. The fourth-order valence-electron chi connectivity index (χ4n) is 3.02. The predicted molar refractivity (Wildman–Crippen MR) is 86.8 cm³/mol. The second kappa shape index (κ2) is 6.36. The van der Waals surface area contributed by atoms with Gasteiger partial charge in [0.15, 0.2) is 0 Å². The number of aliphatic hydroxyl groups excluding tert-OH is 1. The van der Waals surface area contributed by atoms with E-state index in [1.165, 1.54) is 5.56 Å². The van der Waals surface area contributed by atoms with Crippen molar-refractivity contribution < 1.29 is 9.90 Å². The third-order valence-electron chi connectivity index (χ3n) is 4.39. The Hall–Kier alpha value is -0.810. The molecule has 0 unspecified atom stereocenters. The van der Waals surface area contributed by atoms with Crippen molar-refractivity contribution in [2.24, 2.45) is 5.92 Å². The van der Waals surface area contributed by atoms with Gasteiger partial charge in [0.25, 0.3) is 0 Å². The number of hydrogen-bond donors (Lipinski definition) is 2. The zero-order chi connectivity index (χ0) is 15.7. The first-order valence-electron chi connectivity index (χ1n) is 7.57. The van der Waals surface area contributed by atoms with E-state index in [4.69, 9.17) is 23.2 Å². The highest BCUT2D eigenvalue weighted by Crippen LogP contribution is 2.53. The quantitative estimate of drug-likeness (QED) is 0.804. The highest BCUT2D eigenvalue weighted by Gasteiger charge is 2.56. The Labute approximate surface area is 140 Å². The average molecular weight is 343 g/mol. The molecule has 22 heavy (non-hydrogen) atoms. The lowest BCUT2D eigenvalue weighted by Gasteiger charge is -2.24. The second-order valence-corrected chi connectivity index (χ2v) is 7.76. The number of carbonyl (C=O) groups excluding carboxylic acids is 1. The molecule has 1 saturated heterocycles. The van der Waals surface area contributed by atoms with Gasteiger partial charge in [0.05, 0.1) is 12.0 Å². The second-order valence-electron chi connectivity index (χ2n) is 6.22. The Morgan fingerprint density at radius 2 is 2.05 bits per heavy atom. The Morgan fingerprint density at radius 1 is 1.36 bits per heavy atom. The van der Waals surface area contributed by atoms with Crippen molar-refractivity contribution in [1.29, 1.82) is 0 Å². The highest BCUT2D eigenvalue weighted by molar-refractivity contribution is 6.52. The van der Waals surface area contributed by atoms with E-state index < -0.39 is 4.33 Å². The van der Waals surface area contributed by atoms with E-state index in [0.717, 1.165) is 6.54 Å². The van der Waals surface area contributed by atoms with Crippen LogP contribution < -0.4 is 5.32 Å². The van der Waals surface area contributed by atoms with Crippen LogP contribution in [0.25, 0.3) is 0 Å². The number of halogens is 2. The lowest BCUT2D eigenvalue weighted by Crippen LogP contribution is -2.40. The molecule has 1 aliphatic carbocycles. The van der Waals surface area contributed by atoms with Crippen LogP contribution in [0, 0.1) is 5.92 Å². The highest BCUT2D eigenvalue weighted by atomic mass is 35.5. The lowest BCUT2D eigenvalue weighted by molar-refractivity contribution is -0.122. The molecule has 1 aliphatic heterocycles. The standard InChI is InChI=1S/C16H20Cl2N2O2/c17-16(18)7-14(16)15(22)19-8-12-6-13(21)10-20(12)9-11-4-2-1-3-5-11/h1-5,12-14,21H,6-10H2,(H,19,22)/t12-,13+,14+/m0/s1. The molecule has 6 heteroatoms. The van der Waals surface area contributed by atoms with Crippen molar-refractivity contribution in [3.63, 3.8) is 0 Å². The summed E-state index contributed by atoms with van der Waals surface area (Å²) in [5, 5.41) is 12.8. The fraction of sp³-hybridized carbons (Fsp3) is 0.562. The Kier molecular flexibility index (Phi) is 4.64. The van der Waals surface area contributed by atoms with Crippen LogP contribution in [0.5, 0.6) is 0 Å². The van der Waals surface area contributed by atoms with E-state index in [-0.39, 0.29) is 24.0 Å². The van der Waals surface area contributed by atoms with Crippen LogP contribution in [0.1, 0.15) is 18.4 Å². The van der Waals surface area contributed by atoms with Crippen LogP contribution in [0.3, 0.4) is 0 Å². The number of nitrogens with zero attached hydrogens (tertiary/aromatic N) is 1. The molecule has 1 aromatic rings. The maximum atomic E-state index is 12.0. The largest absolute Gasteiger partial charge is 0.392 e. The molecule has 3 rings (SSSR count). The minimum atomic E-state index is -0.886. The minimum absolute atomic E-state index is 0.0916. The van der Waals surface area contributed by atoms with Gasteiger partial charge in [0.1, 0.15) is 4.33 Å². The maximum absolute atomic E-state index is 12.0. The van der Waals surface area contributed by atoms with Gasteiger partial charge in [-0.1, -0.05) is 30.3 Å². The van der Waals surface area contributed by atoms with Gasteiger partial charge in [-0.25, -0.2) is 0 Å². The number of carbonyl (C=O) groups is 1. The van der Waals surface area contributed by atoms with Gasteiger partial charge in [-0.2, -0.15) is 0 Å². The molecule has 0 aromatic heterocycles. The zero-order valence-corrected chi connectivity index (χ0v) is 13.7. The number of aliphatic hydroxyl groups is 1. The molecule has 3 atom stereocenters. The molecule has 4 nitrogen and oxygen atoms in total. The predicted octanol–water partition coefficient (Wildman–Crippen LogP) is 1.93. The minimum Gasteiger partial charge on any atom is -0.392 e. The number of alkyl halides is 2. The van der Waals surface area contributed by atoms with Gasteiger partial charge in [-0.15, -0.1) is 23.2 Å². The summed E-state index contributed by atoms with van der Waals surface area (Å²) < 4.78 is -0.886. The lowest BCUT2D eigenvalue weighted by atomic mass is 10.1. The molecule has 2 N–H and O–H groups in total. The summed E-state index contributed by atoms with van der Waals surface area (Å²) in [6, 6.07) is 10.3. The Bertz CT molecular complexity index is 538. The van der Waals surface area contributed by atoms with Gasteiger partial charge in [0.2, 0.25) is 5.91 Å². The first kappa shape index (κ1) is 16.1. The van der Waals surface area contributed by atoms with E-state index in [1.54, 1.807) is 0 Å². The molecule has 0 radical (unpaired) electrons. The molecule has 0 spiro atoms. The van der Waals surface area contributed by atoms with Gasteiger partial charge < -0.3 is 10.4 Å². The normalized spacial score (nSPS) is 30.2. The molecule has 1 saturated carbocycles. The number of rotatable bonds is 5. The first-order valence-corrected chi connectivity index (χ1v) is 8.33. The summed E-state index contributed by atoms with van der Waals surface area (Å²) in [5.41, 5.74) is 1.20. The van der Waals surface area contributed by atoms with Crippen LogP contribution in [-0.4, -0.2) is 45.5 Å². The SMILES string of the molecule is O=C(NC[C@@H]1C[C@@H](O)CN1Cc1ccccc1)[C@H]1CC1(Cl)Cl. The topological polar surface area (TPSA) is 52.6 Å². The van der Waals surface area contributed by atoms with Crippen LogP contribution in [0.4, 0.5) is 0 Å². The summed E-state index contributed by atoms with van der Waals surface area (Å²) >= 11 is 11.8. The van der Waals surface area contributed by atoms with Crippen molar-refractivity contribution in [2.75, 3.05) is 13.1 Å². The number of β-amino-alcohol motifs (C(OH)–C–C–N with tert-alkyl or cyclic N) is 1. The molecule has 2 fully saturated rings. The molecular weight excluding hydrogens is 323 g/mol. The first-order chi connectivity index (χ1) is 10.5. The summed E-state index contributed by atoms with van der Waals surface area (Å²) in [5.74, 6) is -0.393. The zero-order valence-electron chi connectivity index (χ0n) is 12.2. The van der Waals surface area contributed by atoms with Crippen LogP contribution in [-0.2, 0) is 11.3 Å². The van der Waals surface area contributed by atoms with Gasteiger partial charge in [-0.3, -0.25) is 9.69 Å². The smallest absolute Gasteiger partial charge is 0.226 e. The molecule has 0 bridgehead atoms. The van der Waals surface area contributed by atoms with Crippen molar-refractivity contribution in [3.8, 4) is 0 Å². The van der Waals surface area contributed by atoms with E-state index in [2.05, 4.69) is 22.3 Å². The average Bonchev–Trinajstić information content (AvgIpc) is 2.98. The molecule has 1 amide bonds. The third-order valence-corrected chi connectivity index (χ3v) is 5.22. The van der Waals surface area contributed by atoms with Gasteiger partial charge >= 0.3 is 0 Å². The van der Waals surface area contributed by atoms with Crippen LogP contribution in [0.15, 0.2) is 30.3 Å². The van der Waals surface area contributed by atoms with Crippen molar-refractivity contribution in [1.82, 2.24) is 10.2 Å². The Balaban J connectivity index is 1.54. The molecular formula is C16H20Cl2N2O2. The third kappa shape index (κ3) is 3.74. The fourth-order valence-corrected chi connectivity index (χ4v) is 3.53. The summed E-state index contributed by atoms with van der Waals surface area (Å²) in [6.45, 7) is 1.92. The Morgan fingerprint density at radius 3 is 2.68 bits per heavy atom. The van der Waals surface area contributed by atoms with Crippen molar-refractivity contribution in [3.05, 3.63) is 35.9 Å². The number of nitrogens with one attached hydrogen (secondary N) is 1. The summed E-state index contributed by atoms with van der Waals surface area (Å²) in [7, 11) is 0. The van der Waals surface area contributed by atoms with E-state index in [0.29, 0.717) is 25.9 Å².